The molecule has 1 aromatic carbocycles. The second kappa shape index (κ2) is 4.59. The van der Waals surface area contributed by atoms with E-state index in [0.29, 0.717) is 6.42 Å². The van der Waals surface area contributed by atoms with Gasteiger partial charge < -0.3 is 10.8 Å². The third-order valence-electron chi connectivity index (χ3n) is 1.93. The molecule has 5 nitrogen and oxygen atoms in total. The van der Waals surface area contributed by atoms with Crippen molar-refractivity contribution < 1.29 is 15.6 Å². The molecule has 0 bridgehead atoms. The van der Waals surface area contributed by atoms with Gasteiger partial charge in [0.05, 0.1) is 0 Å². The topological polar surface area (TPSA) is 103 Å². The SMILES string of the molecule is NNC(=O)C([NH3+])Cc1ccc(O)cc1. The Morgan fingerprint density at radius 3 is 2.57 bits per heavy atom. The van der Waals surface area contributed by atoms with E-state index in [-0.39, 0.29) is 11.7 Å². The van der Waals surface area contributed by atoms with Crippen molar-refractivity contribution in [3.05, 3.63) is 29.8 Å². The molecule has 76 valence electrons. The summed E-state index contributed by atoms with van der Waals surface area (Å²) in [6.07, 6.45) is 0.503. The number of rotatable bonds is 3. The van der Waals surface area contributed by atoms with Crippen molar-refractivity contribution in [3.8, 4) is 5.75 Å². The van der Waals surface area contributed by atoms with E-state index in [0.717, 1.165) is 5.56 Å². The van der Waals surface area contributed by atoms with Crippen molar-refractivity contribution in [1.29, 1.82) is 0 Å². The fourth-order valence-electron chi connectivity index (χ4n) is 1.13. The molecule has 0 saturated carbocycles. The lowest BCUT2D eigenvalue weighted by atomic mass is 10.1. The summed E-state index contributed by atoms with van der Waals surface area (Å²) < 4.78 is 0. The fraction of sp³-hybridized carbons (Fsp3) is 0.222. The molecular weight excluding hydrogens is 182 g/mol. The molecule has 0 radical (unpaired) electrons. The number of hydrogen-bond acceptors (Lipinski definition) is 3. The van der Waals surface area contributed by atoms with Gasteiger partial charge in [-0.15, -0.1) is 0 Å². The second-order valence-electron chi connectivity index (χ2n) is 3.08. The number of quaternary nitrogens is 1. The Morgan fingerprint density at radius 2 is 2.07 bits per heavy atom. The molecule has 0 spiro atoms. The van der Waals surface area contributed by atoms with Crippen molar-refractivity contribution in [2.75, 3.05) is 0 Å². The molecule has 0 heterocycles. The van der Waals surface area contributed by atoms with Gasteiger partial charge in [-0.1, -0.05) is 12.1 Å². The summed E-state index contributed by atoms with van der Waals surface area (Å²) >= 11 is 0. The average Bonchev–Trinajstić information content (AvgIpc) is 2.20. The van der Waals surface area contributed by atoms with Crippen LogP contribution >= 0.6 is 0 Å². The van der Waals surface area contributed by atoms with Gasteiger partial charge in [-0.25, -0.2) is 5.84 Å². The summed E-state index contributed by atoms with van der Waals surface area (Å²) in [7, 11) is 0. The standard InChI is InChI=1S/C9H13N3O2/c10-8(9(14)12-11)5-6-1-3-7(13)4-2-6/h1-4,8,13H,5,10-11H2,(H,12,14)/p+1. The van der Waals surface area contributed by atoms with E-state index >= 15 is 0 Å². The highest BCUT2D eigenvalue weighted by molar-refractivity contribution is 5.79. The highest BCUT2D eigenvalue weighted by atomic mass is 16.3. The lowest BCUT2D eigenvalue weighted by Gasteiger charge is -2.06. The Bertz CT molecular complexity index is 310. The van der Waals surface area contributed by atoms with Crippen LogP contribution in [0.15, 0.2) is 24.3 Å². The van der Waals surface area contributed by atoms with Crippen molar-refractivity contribution >= 4 is 5.91 Å². The van der Waals surface area contributed by atoms with Crippen molar-refractivity contribution in [2.45, 2.75) is 12.5 Å². The monoisotopic (exact) mass is 196 g/mol. The maximum Gasteiger partial charge on any atom is 0.292 e. The van der Waals surface area contributed by atoms with Gasteiger partial charge in [0, 0.05) is 6.42 Å². The maximum absolute atomic E-state index is 11.0. The van der Waals surface area contributed by atoms with Gasteiger partial charge in [0.1, 0.15) is 5.75 Å². The smallest absolute Gasteiger partial charge is 0.292 e. The number of carbonyl (C=O) groups is 1. The zero-order valence-corrected chi connectivity index (χ0v) is 7.73. The first-order valence-electron chi connectivity index (χ1n) is 4.25. The summed E-state index contributed by atoms with van der Waals surface area (Å²) in [6.45, 7) is 0. The maximum atomic E-state index is 11.0. The molecule has 7 N–H and O–H groups in total. The van der Waals surface area contributed by atoms with Crippen LogP contribution < -0.4 is 17.0 Å². The quantitative estimate of drug-likeness (QED) is 0.270. The molecule has 14 heavy (non-hydrogen) atoms. The zero-order chi connectivity index (χ0) is 10.6. The molecule has 1 atom stereocenters. The lowest BCUT2D eigenvalue weighted by molar-refractivity contribution is -0.403. The minimum Gasteiger partial charge on any atom is -0.508 e. The lowest BCUT2D eigenvalue weighted by Crippen LogP contribution is -2.69. The van der Waals surface area contributed by atoms with Crippen LogP contribution in [-0.2, 0) is 11.2 Å². The van der Waals surface area contributed by atoms with Crippen LogP contribution in [0.3, 0.4) is 0 Å². The molecule has 0 aliphatic carbocycles. The number of aromatic hydroxyl groups is 1. The van der Waals surface area contributed by atoms with Crippen molar-refractivity contribution in [1.82, 2.24) is 5.43 Å². The number of phenols is 1. The number of nitrogens with two attached hydrogens (primary N) is 1. The Labute approximate surface area is 81.7 Å². The van der Waals surface area contributed by atoms with Crippen molar-refractivity contribution in [3.63, 3.8) is 0 Å². The largest absolute Gasteiger partial charge is 0.508 e. The highest BCUT2D eigenvalue weighted by Gasteiger charge is 2.15. The van der Waals surface area contributed by atoms with E-state index in [9.17, 15) is 4.79 Å². The molecule has 1 rings (SSSR count). The number of phenolic OH excluding ortho intramolecular Hbond substituents is 1. The number of amides is 1. The molecule has 0 saturated heterocycles. The average molecular weight is 196 g/mol. The van der Waals surface area contributed by atoms with Crippen LogP contribution in [0.25, 0.3) is 0 Å². The summed E-state index contributed by atoms with van der Waals surface area (Å²) in [5.74, 6) is 4.88. The van der Waals surface area contributed by atoms with Gasteiger partial charge in [-0.3, -0.25) is 10.2 Å². The summed E-state index contributed by atoms with van der Waals surface area (Å²) in [4.78, 5) is 11.0. The summed E-state index contributed by atoms with van der Waals surface area (Å²) in [6, 6.07) is 6.23. The van der Waals surface area contributed by atoms with Crippen LogP contribution in [0, 0.1) is 0 Å². The number of hydrogen-bond donors (Lipinski definition) is 4. The predicted octanol–water partition coefficient (Wildman–Crippen LogP) is -1.46. The molecule has 0 aliphatic rings. The van der Waals surface area contributed by atoms with E-state index < -0.39 is 6.04 Å². The molecule has 0 aliphatic heterocycles. The predicted molar refractivity (Wildman–Crippen MR) is 50.8 cm³/mol. The van der Waals surface area contributed by atoms with E-state index in [1.807, 2.05) is 5.43 Å². The van der Waals surface area contributed by atoms with E-state index in [2.05, 4.69) is 5.73 Å². The normalized spacial score (nSPS) is 12.1. The van der Waals surface area contributed by atoms with Gasteiger partial charge in [-0.05, 0) is 17.7 Å². The number of benzene rings is 1. The third-order valence-corrected chi connectivity index (χ3v) is 1.93. The van der Waals surface area contributed by atoms with Gasteiger partial charge in [-0.2, -0.15) is 0 Å². The first kappa shape index (κ1) is 10.5. The van der Waals surface area contributed by atoms with Gasteiger partial charge in [0.25, 0.3) is 5.91 Å². The van der Waals surface area contributed by atoms with Crippen LogP contribution in [0.2, 0.25) is 0 Å². The van der Waals surface area contributed by atoms with Crippen LogP contribution in [0.4, 0.5) is 0 Å². The van der Waals surface area contributed by atoms with Crippen LogP contribution in [0.1, 0.15) is 5.56 Å². The fourth-order valence-corrected chi connectivity index (χ4v) is 1.13. The Kier molecular flexibility index (Phi) is 3.44. The van der Waals surface area contributed by atoms with Gasteiger partial charge in [0.15, 0.2) is 6.04 Å². The first-order valence-corrected chi connectivity index (χ1v) is 4.25. The van der Waals surface area contributed by atoms with Gasteiger partial charge >= 0.3 is 0 Å². The Hall–Kier alpha value is -1.59. The minimum atomic E-state index is -0.412. The highest BCUT2D eigenvalue weighted by Crippen LogP contribution is 2.10. The molecule has 1 aromatic rings. The first-order chi connectivity index (χ1) is 6.63. The van der Waals surface area contributed by atoms with Gasteiger partial charge in [0.2, 0.25) is 0 Å². The van der Waals surface area contributed by atoms with Crippen LogP contribution in [0.5, 0.6) is 5.75 Å². The second-order valence-corrected chi connectivity index (χ2v) is 3.08. The number of carbonyl (C=O) groups excluding carboxylic acids is 1. The molecule has 5 heteroatoms. The van der Waals surface area contributed by atoms with E-state index in [1.165, 1.54) is 0 Å². The summed E-state index contributed by atoms with van der Waals surface area (Å²) in [5.41, 5.74) is 6.65. The van der Waals surface area contributed by atoms with Crippen molar-refractivity contribution in [2.24, 2.45) is 5.84 Å². The number of hydrazine groups is 1. The van der Waals surface area contributed by atoms with E-state index in [4.69, 9.17) is 10.9 Å². The summed E-state index contributed by atoms with van der Waals surface area (Å²) in [5, 5.41) is 9.03. The minimum absolute atomic E-state index is 0.206. The number of nitrogens with one attached hydrogen (secondary N) is 1. The third kappa shape index (κ3) is 2.72. The molecule has 1 unspecified atom stereocenters. The van der Waals surface area contributed by atoms with Crippen LogP contribution in [-0.4, -0.2) is 17.1 Å². The van der Waals surface area contributed by atoms with E-state index in [1.54, 1.807) is 24.3 Å². The molecular formula is C9H14N3O2+. The molecule has 0 fully saturated rings. The Balaban J connectivity index is 2.60. The zero-order valence-electron chi connectivity index (χ0n) is 7.73. The molecule has 0 aromatic heterocycles. The Morgan fingerprint density at radius 1 is 1.50 bits per heavy atom. The molecule has 1 amide bonds.